The quantitative estimate of drug-likeness (QED) is 0.384. The molecule has 7 heteroatoms. The lowest BCUT2D eigenvalue weighted by atomic mass is 9.57. The van der Waals surface area contributed by atoms with E-state index in [1.165, 1.54) is 0 Å². The third-order valence-electron chi connectivity index (χ3n) is 8.72. The number of hydrogen-bond acceptors (Lipinski definition) is 6. The van der Waals surface area contributed by atoms with Crippen LogP contribution >= 0.6 is 0 Å². The Kier molecular flexibility index (Phi) is 5.57. The largest absolute Gasteiger partial charge is 0.447 e. The number of benzene rings is 1. The van der Waals surface area contributed by atoms with Gasteiger partial charge in [-0.05, 0) is 44.7 Å². The summed E-state index contributed by atoms with van der Waals surface area (Å²) in [5.74, 6) is -2.67. The predicted octanol–water partition coefficient (Wildman–Crippen LogP) is 2.67. The topological polar surface area (TPSA) is 105 Å². The van der Waals surface area contributed by atoms with Crippen molar-refractivity contribution in [3.8, 4) is 0 Å². The number of fused-ring (bicyclic) bond motifs is 2. The van der Waals surface area contributed by atoms with E-state index in [4.69, 9.17) is 9.47 Å². The first kappa shape index (κ1) is 23.9. The maximum absolute atomic E-state index is 13.8. The number of amides is 1. The molecule has 1 aromatic carbocycles. The van der Waals surface area contributed by atoms with E-state index in [0.717, 1.165) is 5.56 Å². The van der Waals surface area contributed by atoms with E-state index in [1.54, 1.807) is 19.1 Å². The fraction of sp³-hybridized carbons (Fsp3) is 0.536. The van der Waals surface area contributed by atoms with Gasteiger partial charge in [0.05, 0.1) is 24.4 Å². The van der Waals surface area contributed by atoms with E-state index in [-0.39, 0.29) is 24.2 Å². The second kappa shape index (κ2) is 8.14. The second-order valence-corrected chi connectivity index (χ2v) is 10.8. The van der Waals surface area contributed by atoms with Crippen LogP contribution in [0.5, 0.6) is 0 Å². The molecule has 0 radical (unpaired) electrons. The van der Waals surface area contributed by atoms with Crippen molar-refractivity contribution in [2.45, 2.75) is 75.9 Å². The van der Waals surface area contributed by atoms with Gasteiger partial charge in [0.15, 0.2) is 5.78 Å². The number of Topliss-reactive ketones (excluding diaryl/α,β-unsaturated/α-hetero) is 1. The van der Waals surface area contributed by atoms with Crippen molar-refractivity contribution < 1.29 is 29.0 Å². The summed E-state index contributed by atoms with van der Waals surface area (Å²) in [6, 6.07) is 9.49. The number of ketones is 1. The molecule has 1 spiro atoms. The van der Waals surface area contributed by atoms with Gasteiger partial charge in [-0.15, -0.1) is 0 Å². The Labute approximate surface area is 205 Å². The monoisotopic (exact) mass is 479 g/mol. The average molecular weight is 480 g/mol. The zero-order valence-corrected chi connectivity index (χ0v) is 20.6. The van der Waals surface area contributed by atoms with Crippen LogP contribution in [0.1, 0.15) is 46.1 Å². The van der Waals surface area contributed by atoms with Crippen molar-refractivity contribution >= 4 is 17.7 Å². The van der Waals surface area contributed by atoms with Crippen LogP contribution in [-0.2, 0) is 30.3 Å². The minimum absolute atomic E-state index is 0.0357. The minimum Gasteiger partial charge on any atom is -0.447 e. The Hall–Kier alpha value is -2.77. The molecule has 4 aliphatic rings. The Bertz CT molecular complexity index is 1130. The number of carbonyl (C=O) groups excluding carboxylic acids is 3. The summed E-state index contributed by atoms with van der Waals surface area (Å²) in [6.07, 6.45) is 4.95. The van der Waals surface area contributed by atoms with Gasteiger partial charge in [0.2, 0.25) is 5.60 Å². The van der Waals surface area contributed by atoms with Crippen LogP contribution < -0.4 is 5.32 Å². The molecule has 1 amide bonds. The van der Waals surface area contributed by atoms with E-state index in [9.17, 15) is 19.5 Å². The first-order valence-electron chi connectivity index (χ1n) is 12.4. The fourth-order valence-corrected chi connectivity index (χ4v) is 6.63. The lowest BCUT2D eigenvalue weighted by Crippen LogP contribution is -2.66. The summed E-state index contributed by atoms with van der Waals surface area (Å²) in [4.78, 5) is 39.6. The maximum Gasteiger partial charge on any atom is 0.310 e. The number of aliphatic hydroxyl groups excluding tert-OH is 1. The number of carbonyl (C=O) groups is 3. The zero-order chi connectivity index (χ0) is 25.2. The molecule has 5 rings (SSSR count). The fourth-order valence-electron chi connectivity index (χ4n) is 6.63. The van der Waals surface area contributed by atoms with Gasteiger partial charge >= 0.3 is 5.97 Å². The smallest absolute Gasteiger partial charge is 0.310 e. The number of allylic oxidation sites excluding steroid dienone is 2. The van der Waals surface area contributed by atoms with Crippen molar-refractivity contribution in [3.05, 3.63) is 59.7 Å². The van der Waals surface area contributed by atoms with Crippen LogP contribution in [0.4, 0.5) is 0 Å². The van der Waals surface area contributed by atoms with Crippen LogP contribution in [0.15, 0.2) is 54.1 Å². The number of esters is 1. The third kappa shape index (κ3) is 3.43. The van der Waals surface area contributed by atoms with Crippen LogP contribution in [0.2, 0.25) is 0 Å². The Morgan fingerprint density at radius 3 is 2.54 bits per heavy atom. The zero-order valence-electron chi connectivity index (χ0n) is 20.6. The van der Waals surface area contributed by atoms with Crippen molar-refractivity contribution in [2.24, 2.45) is 17.8 Å². The highest BCUT2D eigenvalue weighted by atomic mass is 16.7. The molecule has 1 saturated carbocycles. The number of epoxide rings is 1. The lowest BCUT2D eigenvalue weighted by molar-refractivity contribution is -0.189. The normalized spacial score (nSPS) is 45.3. The summed E-state index contributed by atoms with van der Waals surface area (Å²) in [7, 11) is 0. The molecule has 0 aromatic heterocycles. The predicted molar refractivity (Wildman–Crippen MR) is 128 cm³/mol. The highest BCUT2D eigenvalue weighted by Gasteiger charge is 2.85. The number of ether oxygens (including phenoxy) is 2. The van der Waals surface area contributed by atoms with E-state index in [2.05, 4.69) is 5.32 Å². The molecule has 1 aliphatic carbocycles. The van der Waals surface area contributed by atoms with Gasteiger partial charge in [-0.25, -0.2) is 0 Å². The van der Waals surface area contributed by atoms with Gasteiger partial charge in [-0.2, -0.15) is 0 Å². The van der Waals surface area contributed by atoms with E-state index >= 15 is 0 Å². The van der Waals surface area contributed by atoms with E-state index in [1.807, 2.05) is 57.2 Å². The van der Waals surface area contributed by atoms with Crippen LogP contribution in [0.3, 0.4) is 0 Å². The lowest BCUT2D eigenvalue weighted by Gasteiger charge is -2.47. The molecule has 3 aliphatic heterocycles. The molecule has 0 bridgehead atoms. The molecule has 35 heavy (non-hydrogen) atoms. The first-order chi connectivity index (χ1) is 16.5. The molecule has 2 N–H and O–H groups in total. The minimum atomic E-state index is -1.62. The Morgan fingerprint density at radius 1 is 1.11 bits per heavy atom. The summed E-state index contributed by atoms with van der Waals surface area (Å²) < 4.78 is 12.3. The van der Waals surface area contributed by atoms with Crippen molar-refractivity contribution in [2.75, 3.05) is 0 Å². The van der Waals surface area contributed by atoms with Crippen LogP contribution in [-0.4, -0.2) is 51.7 Å². The van der Waals surface area contributed by atoms with Gasteiger partial charge in [-0.1, -0.05) is 55.5 Å². The van der Waals surface area contributed by atoms with Crippen molar-refractivity contribution in [1.82, 2.24) is 5.32 Å². The molecular formula is C28H33NO6. The Balaban J connectivity index is 1.62. The van der Waals surface area contributed by atoms with Crippen LogP contribution in [0.25, 0.3) is 0 Å². The van der Waals surface area contributed by atoms with Crippen molar-refractivity contribution in [3.63, 3.8) is 0 Å². The van der Waals surface area contributed by atoms with E-state index in [0.29, 0.717) is 18.4 Å². The molecule has 7 nitrogen and oxygen atoms in total. The Morgan fingerprint density at radius 2 is 1.83 bits per heavy atom. The average Bonchev–Trinajstić information content (AvgIpc) is 3.29. The van der Waals surface area contributed by atoms with Gasteiger partial charge < -0.3 is 19.9 Å². The van der Waals surface area contributed by atoms with Gasteiger partial charge in [0, 0.05) is 12.0 Å². The number of aliphatic hydroxyl groups is 1. The SMILES string of the molecule is C/C1=C/CC(=O)O[C@@]23C(=O)N[C@@H](Cc4ccccc4)[C@@H]2[C@@]2(C)O[C@@]2(C)[C@@H](O)[C@@H]3/C=C\C[C@H](C)C1=O. The van der Waals surface area contributed by atoms with E-state index < -0.39 is 46.6 Å². The van der Waals surface area contributed by atoms with Gasteiger partial charge in [0.1, 0.15) is 11.2 Å². The highest BCUT2D eigenvalue weighted by Crippen LogP contribution is 2.67. The molecule has 8 atom stereocenters. The number of hydrogen-bond donors (Lipinski definition) is 2. The summed E-state index contributed by atoms with van der Waals surface area (Å²) >= 11 is 0. The van der Waals surface area contributed by atoms with Gasteiger partial charge in [0.25, 0.3) is 5.91 Å². The maximum atomic E-state index is 13.8. The highest BCUT2D eigenvalue weighted by molar-refractivity contribution is 5.97. The molecular weight excluding hydrogens is 446 g/mol. The van der Waals surface area contributed by atoms with Crippen molar-refractivity contribution in [1.29, 1.82) is 0 Å². The number of nitrogens with one attached hydrogen (secondary N) is 1. The second-order valence-electron chi connectivity index (χ2n) is 10.8. The number of rotatable bonds is 2. The summed E-state index contributed by atoms with van der Waals surface area (Å²) in [6.45, 7) is 7.28. The molecule has 186 valence electrons. The molecule has 3 fully saturated rings. The standard InChI is InChI=1S/C28H33NO6/c1-16-9-8-12-19-24(32)27(4)26(3,35-27)23-20(15-18-10-6-5-7-11-18)29-25(33)28(19,23)34-21(30)14-13-17(2)22(16)31/h5-8,10-13,16,19-20,23-24,32H,9,14-15H2,1-4H3,(H,29,33)/b12-8-,17-13-/t16-,19-,20-,23+,24-,26+,27-,28+/m0/s1. The molecule has 3 heterocycles. The molecule has 0 unspecified atom stereocenters. The first-order valence-corrected chi connectivity index (χ1v) is 12.4. The van der Waals surface area contributed by atoms with Gasteiger partial charge in [-0.3, -0.25) is 14.4 Å². The summed E-state index contributed by atoms with van der Waals surface area (Å²) in [5, 5.41) is 14.6. The van der Waals surface area contributed by atoms with Crippen LogP contribution in [0, 0.1) is 17.8 Å². The summed E-state index contributed by atoms with van der Waals surface area (Å²) in [5.41, 5.74) is -1.82. The molecule has 2 saturated heterocycles. The third-order valence-corrected chi connectivity index (χ3v) is 8.72. The molecule has 1 aromatic rings.